The zero-order chi connectivity index (χ0) is 14.7. The Hall–Kier alpha value is -3.23. The first-order chi connectivity index (χ1) is 9.50. The summed E-state index contributed by atoms with van der Waals surface area (Å²) in [6.07, 6.45) is 1.70. The molecule has 9 nitrogen and oxygen atoms in total. The van der Waals surface area contributed by atoms with Crippen LogP contribution in [0.25, 0.3) is 21.7 Å². The summed E-state index contributed by atoms with van der Waals surface area (Å²) in [7, 11) is 0. The molecule has 1 heterocycles. The number of aromatic amines is 1. The summed E-state index contributed by atoms with van der Waals surface area (Å²) in [5.41, 5.74) is 0.954. The number of nitro groups is 1. The highest BCUT2D eigenvalue weighted by Crippen LogP contribution is 2.29. The van der Waals surface area contributed by atoms with Gasteiger partial charge in [-0.1, -0.05) is 18.2 Å². The third kappa shape index (κ3) is 2.46. The summed E-state index contributed by atoms with van der Waals surface area (Å²) in [6.45, 7) is 0. The van der Waals surface area contributed by atoms with E-state index in [2.05, 4.69) is 10.2 Å². The van der Waals surface area contributed by atoms with Gasteiger partial charge in [0.15, 0.2) is 0 Å². The topological polar surface area (TPSA) is 135 Å². The predicted molar refractivity (Wildman–Crippen MR) is 69.0 cm³/mol. The molecule has 0 atom stereocenters. The lowest BCUT2D eigenvalue weighted by atomic mass is 10.1. The second-order valence-corrected chi connectivity index (χ2v) is 3.77. The minimum atomic E-state index is -1.50. The number of hydrogen-bond donors (Lipinski definition) is 2. The zero-order valence-corrected chi connectivity index (χ0v) is 9.89. The third-order valence-electron chi connectivity index (χ3n) is 2.65. The summed E-state index contributed by atoms with van der Waals surface area (Å²) in [5, 5.41) is 33.7. The van der Waals surface area contributed by atoms with Crippen LogP contribution in [0.4, 0.5) is 5.69 Å². The Labute approximate surface area is 110 Å². The fourth-order valence-corrected chi connectivity index (χ4v) is 1.92. The number of non-ortho nitro benzene ring substituents is 1. The first kappa shape index (κ1) is 13.2. The van der Waals surface area contributed by atoms with Gasteiger partial charge in [0.1, 0.15) is 0 Å². The Balaban J connectivity index is 0.000000328. The van der Waals surface area contributed by atoms with Crippen molar-refractivity contribution in [1.29, 1.82) is 0 Å². The minimum Gasteiger partial charge on any atom is -0.328 e. The quantitative estimate of drug-likeness (QED) is 0.517. The first-order valence-electron chi connectivity index (χ1n) is 5.33. The predicted octanol–water partition coefficient (Wildman–Crippen LogP) is 2.28. The Kier molecular flexibility index (Phi) is 3.42. The van der Waals surface area contributed by atoms with E-state index in [0.29, 0.717) is 5.39 Å². The molecule has 9 heteroatoms. The van der Waals surface area contributed by atoms with Gasteiger partial charge in [-0.05, 0) is 6.07 Å². The molecule has 0 radical (unpaired) electrons. The summed E-state index contributed by atoms with van der Waals surface area (Å²) >= 11 is 0. The van der Waals surface area contributed by atoms with Crippen molar-refractivity contribution >= 4 is 27.4 Å². The van der Waals surface area contributed by atoms with Gasteiger partial charge in [-0.3, -0.25) is 15.2 Å². The zero-order valence-electron chi connectivity index (χ0n) is 9.89. The van der Waals surface area contributed by atoms with E-state index in [4.69, 9.17) is 15.3 Å². The normalized spacial score (nSPS) is 10.0. The molecule has 2 aromatic carbocycles. The van der Waals surface area contributed by atoms with E-state index in [9.17, 15) is 10.1 Å². The minimum absolute atomic E-state index is 0.119. The van der Waals surface area contributed by atoms with Crippen molar-refractivity contribution in [3.05, 3.63) is 56.8 Å². The summed E-state index contributed by atoms with van der Waals surface area (Å²) in [6, 6.07) is 8.62. The number of hydrogen-bond acceptors (Lipinski definition) is 5. The molecule has 0 aliphatic rings. The Morgan fingerprint density at radius 1 is 1.10 bits per heavy atom. The molecule has 0 bridgehead atoms. The van der Waals surface area contributed by atoms with Gasteiger partial charge in [-0.25, -0.2) is 0 Å². The molecule has 3 aromatic rings. The molecule has 102 valence electrons. The smallest absolute Gasteiger partial charge is 0.291 e. The molecule has 0 saturated carbocycles. The molecule has 3 rings (SSSR count). The number of nitro benzene ring substituents is 1. The van der Waals surface area contributed by atoms with Crippen LogP contribution in [0.1, 0.15) is 0 Å². The summed E-state index contributed by atoms with van der Waals surface area (Å²) in [4.78, 5) is 18.9. The maximum atomic E-state index is 10.9. The van der Waals surface area contributed by atoms with Crippen LogP contribution in [0.15, 0.2) is 36.5 Å². The number of fused-ring (bicyclic) bond motifs is 3. The Morgan fingerprint density at radius 2 is 1.80 bits per heavy atom. The van der Waals surface area contributed by atoms with Crippen molar-refractivity contribution in [3.8, 4) is 0 Å². The van der Waals surface area contributed by atoms with Crippen LogP contribution in [0.2, 0.25) is 0 Å². The van der Waals surface area contributed by atoms with Crippen LogP contribution in [-0.2, 0) is 0 Å². The number of nitrogens with one attached hydrogen (secondary N) is 1. The molecular weight excluding hydrogens is 268 g/mol. The van der Waals surface area contributed by atoms with Crippen molar-refractivity contribution in [1.82, 2.24) is 10.2 Å². The number of H-pyrrole nitrogens is 1. The fraction of sp³-hybridized carbons (Fsp3) is 0. The molecule has 0 saturated heterocycles. The number of aromatic nitrogens is 2. The average Bonchev–Trinajstić information content (AvgIpc) is 2.85. The van der Waals surface area contributed by atoms with Crippen LogP contribution < -0.4 is 0 Å². The van der Waals surface area contributed by atoms with E-state index >= 15 is 0 Å². The number of benzene rings is 2. The van der Waals surface area contributed by atoms with Crippen molar-refractivity contribution in [2.45, 2.75) is 0 Å². The maximum absolute atomic E-state index is 10.9. The third-order valence-corrected chi connectivity index (χ3v) is 2.65. The van der Waals surface area contributed by atoms with Crippen LogP contribution >= 0.6 is 0 Å². The number of nitrogens with zero attached hydrogens (tertiary/aromatic N) is 3. The maximum Gasteiger partial charge on any atom is 0.291 e. The Bertz CT molecular complexity index is 794. The van der Waals surface area contributed by atoms with Crippen molar-refractivity contribution in [2.75, 3.05) is 0 Å². The molecular formula is C11H8N4O5. The van der Waals surface area contributed by atoms with E-state index in [-0.39, 0.29) is 10.6 Å². The molecule has 0 aliphatic heterocycles. The monoisotopic (exact) mass is 276 g/mol. The van der Waals surface area contributed by atoms with Gasteiger partial charge >= 0.3 is 0 Å². The van der Waals surface area contributed by atoms with E-state index in [1.165, 1.54) is 6.07 Å². The van der Waals surface area contributed by atoms with Gasteiger partial charge in [0.2, 0.25) is 0 Å². The fourth-order valence-electron chi connectivity index (χ4n) is 1.92. The lowest BCUT2D eigenvalue weighted by molar-refractivity contribution is -0.742. The second kappa shape index (κ2) is 5.18. The molecule has 0 spiro atoms. The first-order valence-corrected chi connectivity index (χ1v) is 5.33. The SMILES string of the molecule is O=[N+]([O-])O.O=[N+]([O-])c1cccc2c1ccc1cn[nH]c12. The van der Waals surface area contributed by atoms with Gasteiger partial charge in [-0.2, -0.15) is 5.10 Å². The van der Waals surface area contributed by atoms with Crippen LogP contribution in [-0.4, -0.2) is 25.4 Å². The molecule has 2 N–H and O–H groups in total. The standard InChI is InChI=1S/C11H7N3O2.HNO3/c15-14(16)10-3-1-2-9-8(10)5-4-7-6-12-13-11(7)9;2-1(3)4/h1-6H,(H,12,13);(H,2,3,4). The van der Waals surface area contributed by atoms with Crippen LogP contribution in [0.3, 0.4) is 0 Å². The van der Waals surface area contributed by atoms with E-state index in [0.717, 1.165) is 16.3 Å². The van der Waals surface area contributed by atoms with Gasteiger partial charge in [0.25, 0.3) is 10.8 Å². The molecule has 0 aliphatic carbocycles. The molecule has 0 amide bonds. The highest BCUT2D eigenvalue weighted by molar-refractivity contribution is 6.08. The highest BCUT2D eigenvalue weighted by atomic mass is 16.9. The van der Waals surface area contributed by atoms with E-state index in [1.54, 1.807) is 18.3 Å². The summed E-state index contributed by atoms with van der Waals surface area (Å²) in [5.74, 6) is 0. The van der Waals surface area contributed by atoms with Gasteiger partial charge < -0.3 is 5.21 Å². The molecule has 0 unspecified atom stereocenters. The number of rotatable bonds is 1. The summed E-state index contributed by atoms with van der Waals surface area (Å²) < 4.78 is 0. The van der Waals surface area contributed by atoms with Gasteiger partial charge in [-0.15, -0.1) is 10.1 Å². The largest absolute Gasteiger partial charge is 0.328 e. The van der Waals surface area contributed by atoms with Crippen molar-refractivity contribution < 1.29 is 15.2 Å². The van der Waals surface area contributed by atoms with Crippen LogP contribution in [0, 0.1) is 20.2 Å². The molecule has 1 aromatic heterocycles. The lowest BCUT2D eigenvalue weighted by Gasteiger charge is -1.99. The van der Waals surface area contributed by atoms with Crippen molar-refractivity contribution in [3.63, 3.8) is 0 Å². The van der Waals surface area contributed by atoms with Gasteiger partial charge in [0.05, 0.1) is 22.0 Å². The second-order valence-electron chi connectivity index (χ2n) is 3.77. The average molecular weight is 276 g/mol. The van der Waals surface area contributed by atoms with Gasteiger partial charge in [0, 0.05) is 16.8 Å². The molecule has 20 heavy (non-hydrogen) atoms. The lowest BCUT2D eigenvalue weighted by Crippen LogP contribution is -1.89. The van der Waals surface area contributed by atoms with Crippen LogP contribution in [0.5, 0.6) is 0 Å². The van der Waals surface area contributed by atoms with E-state index in [1.807, 2.05) is 12.1 Å². The Morgan fingerprint density at radius 3 is 2.45 bits per heavy atom. The molecule has 0 fully saturated rings. The van der Waals surface area contributed by atoms with Crippen molar-refractivity contribution in [2.24, 2.45) is 0 Å². The van der Waals surface area contributed by atoms with E-state index < -0.39 is 5.09 Å². The highest BCUT2D eigenvalue weighted by Gasteiger charge is 2.12.